The van der Waals surface area contributed by atoms with E-state index in [2.05, 4.69) is 13.8 Å². The molecule has 4 nitrogen and oxygen atoms in total. The molecule has 1 aromatic rings. The highest BCUT2D eigenvalue weighted by Crippen LogP contribution is 2.39. The van der Waals surface area contributed by atoms with E-state index in [1.54, 1.807) is 0 Å². The van der Waals surface area contributed by atoms with E-state index in [0.717, 1.165) is 49.7 Å². The van der Waals surface area contributed by atoms with Gasteiger partial charge in [0.15, 0.2) is 0 Å². The Morgan fingerprint density at radius 3 is 1.33 bits per heavy atom. The van der Waals surface area contributed by atoms with Crippen molar-refractivity contribution >= 4 is 11.9 Å². The summed E-state index contributed by atoms with van der Waals surface area (Å²) in [5.41, 5.74) is 2.05. The summed E-state index contributed by atoms with van der Waals surface area (Å²) >= 11 is 0. The lowest BCUT2D eigenvalue weighted by atomic mass is 9.77. The van der Waals surface area contributed by atoms with Gasteiger partial charge in [-0.2, -0.15) is 0 Å². The number of hydrogen-bond acceptors (Lipinski definition) is 2. The van der Waals surface area contributed by atoms with Crippen LogP contribution in [0.1, 0.15) is 110 Å². The predicted molar refractivity (Wildman–Crippen MR) is 96.2 cm³/mol. The molecule has 0 amide bonds. The average Bonchev–Trinajstić information content (AvgIpc) is 2.56. The van der Waals surface area contributed by atoms with E-state index in [4.69, 9.17) is 0 Å². The fraction of sp³-hybridized carbons (Fsp3) is 0.600. The van der Waals surface area contributed by atoms with Crippen LogP contribution in [0.5, 0.6) is 0 Å². The normalized spacial score (nSPS) is 13.5. The molecule has 134 valence electrons. The van der Waals surface area contributed by atoms with Gasteiger partial charge >= 0.3 is 11.9 Å². The van der Waals surface area contributed by atoms with Gasteiger partial charge < -0.3 is 10.2 Å². The van der Waals surface area contributed by atoms with E-state index >= 15 is 0 Å². The second kappa shape index (κ2) is 9.45. The number of rotatable bonds is 10. The SMILES string of the molecule is CCCC(CC)c1c(C(=O)O)ccc(C(=O)O)c1C(CC)CCC. The molecule has 2 atom stereocenters. The zero-order valence-electron chi connectivity index (χ0n) is 15.3. The minimum Gasteiger partial charge on any atom is -0.478 e. The van der Waals surface area contributed by atoms with Gasteiger partial charge in [-0.25, -0.2) is 9.59 Å². The fourth-order valence-corrected chi connectivity index (χ4v) is 3.69. The van der Waals surface area contributed by atoms with Crippen molar-refractivity contribution in [3.8, 4) is 0 Å². The van der Waals surface area contributed by atoms with Gasteiger partial charge in [-0.3, -0.25) is 0 Å². The van der Waals surface area contributed by atoms with Gasteiger partial charge in [-0.1, -0.05) is 40.5 Å². The Bertz CT molecular complexity index is 526. The molecule has 0 aliphatic rings. The minimum absolute atomic E-state index is 0.0845. The lowest BCUT2D eigenvalue weighted by Crippen LogP contribution is -2.17. The third-order valence-corrected chi connectivity index (χ3v) is 4.82. The molecule has 0 saturated carbocycles. The number of benzene rings is 1. The summed E-state index contributed by atoms with van der Waals surface area (Å²) in [6.07, 6.45) is 5.25. The van der Waals surface area contributed by atoms with Crippen LogP contribution in [0.25, 0.3) is 0 Å². The molecule has 0 bridgehead atoms. The molecule has 4 heteroatoms. The fourth-order valence-electron chi connectivity index (χ4n) is 3.69. The third-order valence-electron chi connectivity index (χ3n) is 4.82. The molecule has 0 spiro atoms. The average molecular weight is 334 g/mol. The topological polar surface area (TPSA) is 74.6 Å². The Morgan fingerprint density at radius 1 is 0.792 bits per heavy atom. The standard InChI is InChI=1S/C20H30O4/c1-5-9-13(7-3)17-15(19(21)22)11-12-16(20(23)24)18(17)14(8-4)10-6-2/h11-14H,5-10H2,1-4H3,(H,21,22)(H,23,24). The second-order valence-corrected chi connectivity index (χ2v) is 6.39. The van der Waals surface area contributed by atoms with Crippen LogP contribution in [0.15, 0.2) is 12.1 Å². The maximum Gasteiger partial charge on any atom is 0.335 e. The van der Waals surface area contributed by atoms with Crippen molar-refractivity contribution in [1.82, 2.24) is 0 Å². The zero-order chi connectivity index (χ0) is 18.3. The van der Waals surface area contributed by atoms with Crippen LogP contribution in [-0.2, 0) is 0 Å². The van der Waals surface area contributed by atoms with E-state index in [9.17, 15) is 19.8 Å². The number of aromatic carboxylic acids is 2. The quantitative estimate of drug-likeness (QED) is 0.578. The molecule has 1 aromatic carbocycles. The highest BCUT2D eigenvalue weighted by atomic mass is 16.4. The van der Waals surface area contributed by atoms with Crippen LogP contribution in [0, 0.1) is 0 Å². The molecular formula is C20H30O4. The Balaban J connectivity index is 3.77. The summed E-state index contributed by atoms with van der Waals surface area (Å²) in [6.45, 7) is 8.24. The second-order valence-electron chi connectivity index (χ2n) is 6.39. The third kappa shape index (κ3) is 4.37. The maximum absolute atomic E-state index is 11.8. The summed E-state index contributed by atoms with van der Waals surface area (Å²) < 4.78 is 0. The van der Waals surface area contributed by atoms with Gasteiger partial charge in [0.05, 0.1) is 11.1 Å². The first-order valence-electron chi connectivity index (χ1n) is 9.05. The van der Waals surface area contributed by atoms with Crippen LogP contribution in [-0.4, -0.2) is 22.2 Å². The molecule has 1 rings (SSSR count). The van der Waals surface area contributed by atoms with Crippen molar-refractivity contribution in [3.05, 3.63) is 34.4 Å². The number of carboxylic acid groups (broad SMARTS) is 2. The molecule has 24 heavy (non-hydrogen) atoms. The maximum atomic E-state index is 11.8. The molecule has 0 saturated heterocycles. The van der Waals surface area contributed by atoms with Crippen molar-refractivity contribution in [2.75, 3.05) is 0 Å². The van der Waals surface area contributed by atoms with E-state index in [0.29, 0.717) is 0 Å². The molecule has 0 aliphatic heterocycles. The van der Waals surface area contributed by atoms with Crippen LogP contribution in [0.4, 0.5) is 0 Å². The van der Waals surface area contributed by atoms with E-state index < -0.39 is 11.9 Å². The summed E-state index contributed by atoms with van der Waals surface area (Å²) in [4.78, 5) is 23.6. The van der Waals surface area contributed by atoms with E-state index in [-0.39, 0.29) is 23.0 Å². The highest BCUT2D eigenvalue weighted by molar-refractivity contribution is 5.95. The van der Waals surface area contributed by atoms with Crippen LogP contribution < -0.4 is 0 Å². The summed E-state index contributed by atoms with van der Waals surface area (Å²) in [6, 6.07) is 2.95. The molecular weight excluding hydrogens is 304 g/mol. The number of carboxylic acids is 2. The van der Waals surface area contributed by atoms with Gasteiger partial charge in [0.1, 0.15) is 0 Å². The highest BCUT2D eigenvalue weighted by Gasteiger charge is 2.28. The first kappa shape index (κ1) is 20.2. The van der Waals surface area contributed by atoms with E-state index in [1.165, 1.54) is 12.1 Å². The molecule has 0 radical (unpaired) electrons. The lowest BCUT2D eigenvalue weighted by molar-refractivity contribution is 0.0677. The molecule has 0 heterocycles. The first-order valence-corrected chi connectivity index (χ1v) is 9.05. The van der Waals surface area contributed by atoms with Gasteiger partial charge in [0.25, 0.3) is 0 Å². The molecule has 0 aromatic heterocycles. The molecule has 0 fully saturated rings. The number of carbonyl (C=O) groups is 2. The van der Waals surface area contributed by atoms with E-state index in [1.807, 2.05) is 13.8 Å². The molecule has 2 unspecified atom stereocenters. The Morgan fingerprint density at radius 2 is 1.12 bits per heavy atom. The van der Waals surface area contributed by atoms with Gasteiger partial charge in [0.2, 0.25) is 0 Å². The van der Waals surface area contributed by atoms with Gasteiger partial charge in [0, 0.05) is 0 Å². The zero-order valence-corrected chi connectivity index (χ0v) is 15.3. The van der Waals surface area contributed by atoms with Gasteiger partial charge in [-0.05, 0) is 60.8 Å². The first-order chi connectivity index (χ1) is 11.4. The van der Waals surface area contributed by atoms with Crippen molar-refractivity contribution in [2.24, 2.45) is 0 Å². The number of hydrogen-bond donors (Lipinski definition) is 2. The van der Waals surface area contributed by atoms with Crippen LogP contribution >= 0.6 is 0 Å². The van der Waals surface area contributed by atoms with Crippen LogP contribution in [0.3, 0.4) is 0 Å². The minimum atomic E-state index is -0.968. The summed E-state index contributed by atoms with van der Waals surface area (Å²) in [5.74, 6) is -1.77. The smallest absolute Gasteiger partial charge is 0.335 e. The van der Waals surface area contributed by atoms with Crippen LogP contribution in [0.2, 0.25) is 0 Å². The summed E-state index contributed by atoms with van der Waals surface area (Å²) in [5, 5.41) is 19.3. The van der Waals surface area contributed by atoms with Gasteiger partial charge in [-0.15, -0.1) is 0 Å². The van der Waals surface area contributed by atoms with Crippen molar-refractivity contribution in [2.45, 2.75) is 78.1 Å². The van der Waals surface area contributed by atoms with Crippen molar-refractivity contribution in [3.63, 3.8) is 0 Å². The predicted octanol–water partition coefficient (Wildman–Crippen LogP) is 5.67. The lowest BCUT2D eigenvalue weighted by Gasteiger charge is -2.27. The Hall–Kier alpha value is -1.84. The summed E-state index contributed by atoms with van der Waals surface area (Å²) in [7, 11) is 0. The Kier molecular flexibility index (Phi) is 7.96. The molecule has 0 aliphatic carbocycles. The molecule has 2 N–H and O–H groups in total. The Labute approximate surface area is 144 Å². The van der Waals surface area contributed by atoms with Crippen molar-refractivity contribution in [1.29, 1.82) is 0 Å². The monoisotopic (exact) mass is 334 g/mol. The van der Waals surface area contributed by atoms with Crippen molar-refractivity contribution < 1.29 is 19.8 Å². The largest absolute Gasteiger partial charge is 0.478 e.